The van der Waals surface area contributed by atoms with E-state index in [-0.39, 0.29) is 11.7 Å². The van der Waals surface area contributed by atoms with E-state index in [2.05, 4.69) is 15.5 Å². The van der Waals surface area contributed by atoms with Crippen molar-refractivity contribution >= 4 is 68.0 Å². The van der Waals surface area contributed by atoms with Crippen LogP contribution in [0, 0.1) is 0 Å². The summed E-state index contributed by atoms with van der Waals surface area (Å²) >= 11 is 14.9. The fraction of sp³-hybridized carbons (Fsp3) is 0.0556. The van der Waals surface area contributed by atoms with E-state index in [9.17, 15) is 4.79 Å². The number of nitrogens with zero attached hydrogens (tertiary/aromatic N) is 2. The Labute approximate surface area is 172 Å². The van der Waals surface area contributed by atoms with Gasteiger partial charge in [0.15, 0.2) is 0 Å². The van der Waals surface area contributed by atoms with E-state index < -0.39 is 0 Å². The lowest BCUT2D eigenvalue weighted by molar-refractivity contribution is -0.113. The number of thiophene rings is 1. The Bertz CT molecular complexity index is 1110. The highest BCUT2D eigenvalue weighted by molar-refractivity contribution is 7.99. The van der Waals surface area contributed by atoms with Gasteiger partial charge < -0.3 is 9.73 Å². The van der Waals surface area contributed by atoms with Crippen molar-refractivity contribution in [1.29, 1.82) is 0 Å². The summed E-state index contributed by atoms with van der Waals surface area (Å²) in [6, 6.07) is 14.7. The second-order valence-electron chi connectivity index (χ2n) is 5.46. The third-order valence-electron chi connectivity index (χ3n) is 3.59. The van der Waals surface area contributed by atoms with E-state index in [0.717, 1.165) is 26.7 Å². The van der Waals surface area contributed by atoms with Gasteiger partial charge in [-0.15, -0.1) is 21.5 Å². The number of hydrogen-bond donors (Lipinski definition) is 1. The molecule has 136 valence electrons. The lowest BCUT2D eigenvalue weighted by Gasteiger charge is -2.03. The van der Waals surface area contributed by atoms with Crippen molar-refractivity contribution in [3.63, 3.8) is 0 Å². The molecule has 0 radical (unpaired) electrons. The van der Waals surface area contributed by atoms with E-state index in [0.29, 0.717) is 26.8 Å². The van der Waals surface area contributed by atoms with Gasteiger partial charge in [0.2, 0.25) is 5.91 Å². The summed E-state index contributed by atoms with van der Waals surface area (Å²) < 4.78 is 6.71. The van der Waals surface area contributed by atoms with Crippen molar-refractivity contribution in [3.05, 3.63) is 58.6 Å². The zero-order valence-electron chi connectivity index (χ0n) is 13.6. The molecule has 0 saturated carbocycles. The number of aromatic nitrogens is 2. The summed E-state index contributed by atoms with van der Waals surface area (Å²) in [5, 5.41) is 13.3. The molecule has 1 amide bonds. The first-order valence-corrected chi connectivity index (χ1v) is 10.3. The first-order valence-electron chi connectivity index (χ1n) is 7.79. The third kappa shape index (κ3) is 4.11. The van der Waals surface area contributed by atoms with E-state index in [1.165, 1.54) is 11.3 Å². The van der Waals surface area contributed by atoms with Crippen LogP contribution in [0.3, 0.4) is 0 Å². The molecule has 2 aromatic carbocycles. The number of rotatable bonds is 5. The fourth-order valence-corrected chi connectivity index (χ4v) is 4.49. The average Bonchev–Trinajstić information content (AvgIpc) is 3.27. The van der Waals surface area contributed by atoms with Gasteiger partial charge in [-0.3, -0.25) is 4.79 Å². The fourth-order valence-electron chi connectivity index (χ4n) is 2.37. The summed E-state index contributed by atoms with van der Waals surface area (Å²) in [5.74, 6) is 0.313. The van der Waals surface area contributed by atoms with Gasteiger partial charge in [-0.1, -0.05) is 53.2 Å². The molecule has 0 fully saturated rings. The molecule has 5 nitrogen and oxygen atoms in total. The minimum Gasteiger partial charge on any atom is -0.410 e. The number of fused-ring (bicyclic) bond motifs is 1. The highest BCUT2D eigenvalue weighted by atomic mass is 35.5. The molecule has 2 heterocycles. The quantitative estimate of drug-likeness (QED) is 0.389. The summed E-state index contributed by atoms with van der Waals surface area (Å²) in [4.78, 5) is 12.8. The zero-order chi connectivity index (χ0) is 18.8. The van der Waals surface area contributed by atoms with E-state index >= 15 is 0 Å². The summed E-state index contributed by atoms with van der Waals surface area (Å²) in [7, 11) is 0. The van der Waals surface area contributed by atoms with Crippen LogP contribution in [0.15, 0.2) is 58.2 Å². The van der Waals surface area contributed by atoms with Crippen molar-refractivity contribution < 1.29 is 9.21 Å². The molecule has 27 heavy (non-hydrogen) atoms. The predicted octanol–water partition coefficient (Wildman–Crippen LogP) is 5.99. The molecular weight excluding hydrogens is 425 g/mol. The molecule has 0 bridgehead atoms. The normalized spacial score (nSPS) is 11.0. The molecule has 0 aliphatic carbocycles. The summed E-state index contributed by atoms with van der Waals surface area (Å²) in [5.41, 5.74) is 0.674. The Morgan fingerprint density at radius 3 is 2.67 bits per heavy atom. The number of benzene rings is 2. The smallest absolute Gasteiger partial charge is 0.277 e. The number of amides is 1. The van der Waals surface area contributed by atoms with Gasteiger partial charge >= 0.3 is 0 Å². The van der Waals surface area contributed by atoms with Crippen LogP contribution in [0.1, 0.15) is 0 Å². The maximum absolute atomic E-state index is 12.0. The molecule has 4 rings (SSSR count). The predicted molar refractivity (Wildman–Crippen MR) is 111 cm³/mol. The van der Waals surface area contributed by atoms with E-state index in [1.54, 1.807) is 24.3 Å². The Balaban J connectivity index is 1.42. The van der Waals surface area contributed by atoms with Gasteiger partial charge in [-0.05, 0) is 30.3 Å². The van der Waals surface area contributed by atoms with Crippen molar-refractivity contribution in [2.45, 2.75) is 5.22 Å². The third-order valence-corrected chi connectivity index (χ3v) is 6.32. The number of carbonyl (C=O) groups is 1. The number of hydrogen-bond acceptors (Lipinski definition) is 6. The van der Waals surface area contributed by atoms with Crippen LogP contribution < -0.4 is 5.32 Å². The molecule has 0 aliphatic heterocycles. The number of nitrogens with one attached hydrogen (secondary N) is 1. The van der Waals surface area contributed by atoms with Gasteiger partial charge in [0.05, 0.1) is 10.8 Å². The van der Waals surface area contributed by atoms with Gasteiger partial charge in [0.25, 0.3) is 11.1 Å². The Morgan fingerprint density at radius 2 is 1.89 bits per heavy atom. The Kier molecular flexibility index (Phi) is 5.36. The molecule has 0 saturated heterocycles. The van der Waals surface area contributed by atoms with Crippen LogP contribution >= 0.6 is 46.3 Å². The highest BCUT2D eigenvalue weighted by Crippen LogP contribution is 2.41. The lowest BCUT2D eigenvalue weighted by atomic mass is 10.2. The standard InChI is InChI=1S/C18H11Cl2N3O2S2/c19-10-5-7-11(8-6-10)21-14(24)9-26-18-23-22-17(25-18)16-15(20)12-3-1-2-4-13(12)27-16/h1-8H,9H2,(H,21,24). The zero-order valence-corrected chi connectivity index (χ0v) is 16.8. The van der Waals surface area contributed by atoms with Crippen molar-refractivity contribution in [2.75, 3.05) is 11.1 Å². The Morgan fingerprint density at radius 1 is 1.11 bits per heavy atom. The van der Waals surface area contributed by atoms with Crippen LogP contribution in [0.2, 0.25) is 10.0 Å². The number of thioether (sulfide) groups is 1. The molecule has 0 spiro atoms. The molecule has 0 atom stereocenters. The second-order valence-corrected chi connectivity index (χ2v) is 8.25. The molecule has 1 N–H and O–H groups in total. The minimum absolute atomic E-state index is 0.143. The van der Waals surface area contributed by atoms with Gasteiger partial charge in [0, 0.05) is 20.8 Å². The average molecular weight is 436 g/mol. The van der Waals surface area contributed by atoms with Crippen LogP contribution in [0.25, 0.3) is 20.9 Å². The Hall–Kier alpha value is -2.06. The monoisotopic (exact) mass is 435 g/mol. The topological polar surface area (TPSA) is 68.0 Å². The highest BCUT2D eigenvalue weighted by Gasteiger charge is 2.18. The van der Waals surface area contributed by atoms with Crippen molar-refractivity contribution in [3.8, 4) is 10.8 Å². The molecule has 2 aromatic heterocycles. The van der Waals surface area contributed by atoms with Crippen LogP contribution in [-0.4, -0.2) is 21.9 Å². The molecule has 4 aromatic rings. The van der Waals surface area contributed by atoms with Gasteiger partial charge in [0.1, 0.15) is 4.88 Å². The largest absolute Gasteiger partial charge is 0.410 e. The van der Waals surface area contributed by atoms with Crippen LogP contribution in [-0.2, 0) is 4.79 Å². The van der Waals surface area contributed by atoms with E-state index in [1.807, 2.05) is 24.3 Å². The summed E-state index contributed by atoms with van der Waals surface area (Å²) in [6.07, 6.45) is 0. The van der Waals surface area contributed by atoms with Crippen molar-refractivity contribution in [1.82, 2.24) is 10.2 Å². The number of anilines is 1. The van der Waals surface area contributed by atoms with Gasteiger partial charge in [-0.2, -0.15) is 0 Å². The first kappa shape index (κ1) is 18.3. The van der Waals surface area contributed by atoms with E-state index in [4.69, 9.17) is 27.6 Å². The lowest BCUT2D eigenvalue weighted by Crippen LogP contribution is -2.13. The van der Waals surface area contributed by atoms with Gasteiger partial charge in [-0.25, -0.2) is 0 Å². The molecule has 9 heteroatoms. The van der Waals surface area contributed by atoms with Crippen LogP contribution in [0.4, 0.5) is 5.69 Å². The first-order chi connectivity index (χ1) is 13.1. The molecule has 0 unspecified atom stereocenters. The second kappa shape index (κ2) is 7.90. The van der Waals surface area contributed by atoms with Crippen molar-refractivity contribution in [2.24, 2.45) is 0 Å². The molecular formula is C18H11Cl2N3O2S2. The van der Waals surface area contributed by atoms with Crippen LogP contribution in [0.5, 0.6) is 0 Å². The SMILES string of the molecule is O=C(CSc1nnc(-c2sc3ccccc3c2Cl)o1)Nc1ccc(Cl)cc1. The number of halogens is 2. The maximum Gasteiger partial charge on any atom is 0.277 e. The minimum atomic E-state index is -0.179. The summed E-state index contributed by atoms with van der Waals surface area (Å²) in [6.45, 7) is 0. The number of carbonyl (C=O) groups excluding carboxylic acids is 1. The molecule has 0 aliphatic rings. The maximum atomic E-state index is 12.0.